The van der Waals surface area contributed by atoms with Crippen molar-refractivity contribution in [2.45, 2.75) is 51.4 Å². The summed E-state index contributed by atoms with van der Waals surface area (Å²) in [7, 11) is 9.78. The van der Waals surface area contributed by atoms with Crippen LogP contribution in [-0.2, 0) is 9.53 Å². The highest BCUT2D eigenvalue weighted by Gasteiger charge is 2.25. The van der Waals surface area contributed by atoms with E-state index in [0.717, 1.165) is 48.6 Å². The van der Waals surface area contributed by atoms with Crippen LogP contribution < -0.4 is 9.47 Å². The van der Waals surface area contributed by atoms with E-state index < -0.39 is 0 Å². The number of nitrogens with zero attached hydrogens (tertiary/aromatic N) is 2. The second-order valence-corrected chi connectivity index (χ2v) is 11.0. The van der Waals surface area contributed by atoms with Crippen LogP contribution in [0.1, 0.15) is 62.5 Å². The summed E-state index contributed by atoms with van der Waals surface area (Å²) in [6.07, 6.45) is 7.88. The molecule has 1 saturated carbocycles. The number of carbonyl (C=O) groups is 1. The van der Waals surface area contributed by atoms with Crippen LogP contribution >= 0.6 is 0 Å². The molecule has 6 nitrogen and oxygen atoms in total. The van der Waals surface area contributed by atoms with Crippen LogP contribution in [0.15, 0.2) is 54.1 Å². The molecule has 0 aromatic heterocycles. The molecule has 3 rings (SSSR count). The van der Waals surface area contributed by atoms with Gasteiger partial charge in [-0.3, -0.25) is 4.79 Å². The zero-order valence-corrected chi connectivity index (χ0v) is 24.7. The smallest absolute Gasteiger partial charge is 0.305 e. The van der Waals surface area contributed by atoms with E-state index in [4.69, 9.17) is 14.2 Å². The Balaban J connectivity index is 1.89. The second-order valence-electron chi connectivity index (χ2n) is 11.0. The van der Waals surface area contributed by atoms with E-state index in [0.29, 0.717) is 32.0 Å². The van der Waals surface area contributed by atoms with E-state index in [-0.39, 0.29) is 5.97 Å². The molecule has 0 saturated heterocycles. The third-order valence-electron chi connectivity index (χ3n) is 7.32. The molecule has 6 heteroatoms. The highest BCUT2D eigenvalue weighted by Crippen LogP contribution is 2.41. The first-order chi connectivity index (χ1) is 18.9. The van der Waals surface area contributed by atoms with Crippen LogP contribution in [0.4, 0.5) is 0 Å². The van der Waals surface area contributed by atoms with Crippen molar-refractivity contribution in [1.82, 2.24) is 9.80 Å². The van der Waals surface area contributed by atoms with Gasteiger partial charge in [0, 0.05) is 19.5 Å². The fourth-order valence-electron chi connectivity index (χ4n) is 5.26. The summed E-state index contributed by atoms with van der Waals surface area (Å²) >= 11 is 0. The van der Waals surface area contributed by atoms with Gasteiger partial charge in [0.1, 0.15) is 11.5 Å². The number of carbonyl (C=O) groups excluding carboxylic acids is 1. The van der Waals surface area contributed by atoms with Crippen molar-refractivity contribution >= 4 is 11.5 Å². The standard InChI is InChI=1S/C33H48N2O4/c1-34(2)22-8-24-38-29-16-12-27(13-17-29)33(31(20-21-32(36)37-5)26-10-6-7-11-26)28-14-18-30(19-15-28)39-25-9-23-35(3)4/h12-19,26H,6-11,20-25H2,1-5H3. The topological polar surface area (TPSA) is 51.2 Å². The van der Waals surface area contributed by atoms with Crippen molar-refractivity contribution < 1.29 is 19.0 Å². The normalized spacial score (nSPS) is 13.6. The highest BCUT2D eigenvalue weighted by atomic mass is 16.5. The molecule has 0 unspecified atom stereocenters. The summed E-state index contributed by atoms with van der Waals surface area (Å²) in [6, 6.07) is 16.9. The Morgan fingerprint density at radius 2 is 1.21 bits per heavy atom. The molecule has 0 atom stereocenters. The minimum atomic E-state index is -0.159. The summed E-state index contributed by atoms with van der Waals surface area (Å²) in [5.41, 5.74) is 4.89. The second kappa shape index (κ2) is 16.3. The lowest BCUT2D eigenvalue weighted by Gasteiger charge is -2.22. The molecule has 1 aliphatic rings. The van der Waals surface area contributed by atoms with Crippen molar-refractivity contribution in [3.63, 3.8) is 0 Å². The van der Waals surface area contributed by atoms with Gasteiger partial charge >= 0.3 is 5.97 Å². The van der Waals surface area contributed by atoms with Gasteiger partial charge < -0.3 is 24.0 Å². The van der Waals surface area contributed by atoms with Crippen LogP contribution in [0, 0.1) is 5.92 Å². The monoisotopic (exact) mass is 536 g/mol. The fraction of sp³-hybridized carbons (Fsp3) is 0.545. The SMILES string of the molecule is COC(=O)CCC(=C(c1ccc(OCCCN(C)C)cc1)c1ccc(OCCCN(C)C)cc1)C1CCCC1. The molecule has 2 aromatic carbocycles. The summed E-state index contributed by atoms with van der Waals surface area (Å²) in [4.78, 5) is 16.5. The largest absolute Gasteiger partial charge is 0.494 e. The number of rotatable bonds is 16. The third kappa shape index (κ3) is 10.3. The molecule has 1 aliphatic carbocycles. The molecule has 214 valence electrons. The number of allylic oxidation sites excluding steroid dienone is 1. The van der Waals surface area contributed by atoms with Gasteiger partial charge in [-0.05, 0) is 107 Å². The maximum Gasteiger partial charge on any atom is 0.305 e. The van der Waals surface area contributed by atoms with E-state index in [1.807, 2.05) is 0 Å². The van der Waals surface area contributed by atoms with Crippen molar-refractivity contribution in [2.24, 2.45) is 5.92 Å². The first-order valence-corrected chi connectivity index (χ1v) is 14.4. The van der Waals surface area contributed by atoms with Gasteiger partial charge in [-0.25, -0.2) is 0 Å². The molecule has 39 heavy (non-hydrogen) atoms. The molecular weight excluding hydrogens is 488 g/mol. The molecular formula is C33H48N2O4. The average molecular weight is 537 g/mol. The Morgan fingerprint density at radius 1 is 0.744 bits per heavy atom. The van der Waals surface area contributed by atoms with Crippen LogP contribution in [-0.4, -0.2) is 77.4 Å². The Labute approximate surface area is 235 Å². The zero-order valence-electron chi connectivity index (χ0n) is 24.7. The van der Waals surface area contributed by atoms with Crippen molar-refractivity contribution in [1.29, 1.82) is 0 Å². The Kier molecular flexibility index (Phi) is 12.8. The van der Waals surface area contributed by atoms with Crippen LogP contribution in [0.5, 0.6) is 11.5 Å². The lowest BCUT2D eigenvalue weighted by atomic mass is 9.83. The van der Waals surface area contributed by atoms with Crippen LogP contribution in [0.25, 0.3) is 5.57 Å². The minimum absolute atomic E-state index is 0.159. The van der Waals surface area contributed by atoms with Gasteiger partial charge in [0.25, 0.3) is 0 Å². The maximum absolute atomic E-state index is 12.2. The van der Waals surface area contributed by atoms with E-state index in [2.05, 4.69) is 86.5 Å². The van der Waals surface area contributed by atoms with Gasteiger partial charge in [0.15, 0.2) is 0 Å². The summed E-state index contributed by atoms with van der Waals surface area (Å²) in [6.45, 7) is 3.40. The number of benzene rings is 2. The Morgan fingerprint density at radius 3 is 1.62 bits per heavy atom. The predicted octanol–water partition coefficient (Wildman–Crippen LogP) is 6.29. The molecule has 0 spiro atoms. The van der Waals surface area contributed by atoms with Gasteiger partial charge in [-0.15, -0.1) is 0 Å². The average Bonchev–Trinajstić information content (AvgIpc) is 3.47. The van der Waals surface area contributed by atoms with E-state index in [9.17, 15) is 4.79 Å². The summed E-state index contributed by atoms with van der Waals surface area (Å²) in [5.74, 6) is 2.09. The Hall–Kier alpha value is -2.83. The van der Waals surface area contributed by atoms with Crippen molar-refractivity contribution in [2.75, 3.05) is 61.6 Å². The molecule has 1 fully saturated rings. The molecule has 0 heterocycles. The lowest BCUT2D eigenvalue weighted by Crippen LogP contribution is -2.15. The maximum atomic E-state index is 12.2. The van der Waals surface area contributed by atoms with Crippen LogP contribution in [0.3, 0.4) is 0 Å². The fourth-order valence-corrected chi connectivity index (χ4v) is 5.26. The van der Waals surface area contributed by atoms with E-state index in [1.54, 1.807) is 0 Å². The number of hydrogen-bond donors (Lipinski definition) is 0. The number of hydrogen-bond acceptors (Lipinski definition) is 6. The Bertz CT molecular complexity index is 961. The van der Waals surface area contributed by atoms with E-state index >= 15 is 0 Å². The highest BCUT2D eigenvalue weighted by molar-refractivity contribution is 5.83. The molecule has 0 bridgehead atoms. The first-order valence-electron chi connectivity index (χ1n) is 14.4. The molecule has 0 radical (unpaired) electrons. The van der Waals surface area contributed by atoms with E-state index in [1.165, 1.54) is 43.9 Å². The molecule has 0 aliphatic heterocycles. The quantitative estimate of drug-likeness (QED) is 0.186. The van der Waals surface area contributed by atoms with Gasteiger partial charge in [0.05, 0.1) is 20.3 Å². The van der Waals surface area contributed by atoms with Gasteiger partial charge in [0.2, 0.25) is 0 Å². The molecule has 0 amide bonds. The van der Waals surface area contributed by atoms with Gasteiger partial charge in [-0.2, -0.15) is 0 Å². The predicted molar refractivity (Wildman–Crippen MR) is 159 cm³/mol. The summed E-state index contributed by atoms with van der Waals surface area (Å²) < 4.78 is 17.0. The zero-order chi connectivity index (χ0) is 28.0. The van der Waals surface area contributed by atoms with Crippen LogP contribution in [0.2, 0.25) is 0 Å². The summed E-state index contributed by atoms with van der Waals surface area (Å²) in [5, 5.41) is 0. The number of esters is 1. The number of ether oxygens (including phenoxy) is 3. The van der Waals surface area contributed by atoms with Crippen molar-refractivity contribution in [3.8, 4) is 11.5 Å². The van der Waals surface area contributed by atoms with Gasteiger partial charge in [-0.1, -0.05) is 42.7 Å². The number of methoxy groups -OCH3 is 1. The lowest BCUT2D eigenvalue weighted by molar-refractivity contribution is -0.140. The first kappa shape index (κ1) is 30.7. The molecule has 2 aromatic rings. The minimum Gasteiger partial charge on any atom is -0.494 e. The molecule has 0 N–H and O–H groups in total. The third-order valence-corrected chi connectivity index (χ3v) is 7.32. The van der Waals surface area contributed by atoms with Crippen molar-refractivity contribution in [3.05, 3.63) is 65.2 Å².